The van der Waals surface area contributed by atoms with Crippen molar-refractivity contribution in [1.29, 1.82) is 0 Å². The molecule has 2 aromatic rings. The second kappa shape index (κ2) is 12.5. The standard InChI is InChI=1S/C21H28N4O5S/c1-5-25(6-2)19(26)13-30-17-9-8-15(10-18(17)28-4)12-22-24-21-23-16(14-31-21)11-20(27)29-7-3/h8-10,12,14H,5-7,11,13H2,1-4H3,(H,23,24). The molecule has 0 saturated carbocycles. The Labute approximate surface area is 186 Å². The fourth-order valence-corrected chi connectivity index (χ4v) is 3.31. The Hall–Kier alpha value is -3.14. The lowest BCUT2D eigenvalue weighted by atomic mass is 10.2. The van der Waals surface area contributed by atoms with Gasteiger partial charge in [-0.05, 0) is 44.5 Å². The van der Waals surface area contributed by atoms with Gasteiger partial charge in [0, 0.05) is 18.5 Å². The Morgan fingerprint density at radius 2 is 2.00 bits per heavy atom. The number of nitrogens with zero attached hydrogens (tertiary/aromatic N) is 3. The molecule has 0 atom stereocenters. The lowest BCUT2D eigenvalue weighted by molar-refractivity contribution is -0.142. The van der Waals surface area contributed by atoms with Crippen molar-refractivity contribution in [2.24, 2.45) is 5.10 Å². The number of aromatic nitrogens is 1. The van der Waals surface area contributed by atoms with Crippen LogP contribution in [0.15, 0.2) is 28.7 Å². The highest BCUT2D eigenvalue weighted by Gasteiger charge is 2.12. The molecule has 9 nitrogen and oxygen atoms in total. The molecule has 1 aromatic carbocycles. The molecule has 0 spiro atoms. The molecule has 0 radical (unpaired) electrons. The molecule has 0 aliphatic rings. The molecule has 0 fully saturated rings. The number of thiazole rings is 1. The van der Waals surface area contributed by atoms with Crippen LogP contribution in [0.1, 0.15) is 32.0 Å². The van der Waals surface area contributed by atoms with Gasteiger partial charge in [-0.1, -0.05) is 0 Å². The first-order valence-electron chi connectivity index (χ1n) is 9.98. The Morgan fingerprint density at radius 3 is 2.68 bits per heavy atom. The maximum Gasteiger partial charge on any atom is 0.311 e. The molecular weight excluding hydrogens is 420 g/mol. The summed E-state index contributed by atoms with van der Waals surface area (Å²) in [6.07, 6.45) is 1.74. The highest BCUT2D eigenvalue weighted by Crippen LogP contribution is 2.27. The van der Waals surface area contributed by atoms with Gasteiger partial charge in [0.2, 0.25) is 5.13 Å². The van der Waals surface area contributed by atoms with Gasteiger partial charge in [-0.25, -0.2) is 4.98 Å². The van der Waals surface area contributed by atoms with Gasteiger partial charge < -0.3 is 19.1 Å². The van der Waals surface area contributed by atoms with Crippen LogP contribution in [0.4, 0.5) is 5.13 Å². The van der Waals surface area contributed by atoms with E-state index in [4.69, 9.17) is 14.2 Å². The summed E-state index contributed by atoms with van der Waals surface area (Å²) in [5.41, 5.74) is 4.24. The van der Waals surface area contributed by atoms with Crippen molar-refractivity contribution in [3.05, 3.63) is 34.8 Å². The van der Waals surface area contributed by atoms with Gasteiger partial charge in [0.05, 0.1) is 32.0 Å². The van der Waals surface area contributed by atoms with Crippen LogP contribution in [0.2, 0.25) is 0 Å². The average molecular weight is 449 g/mol. The molecule has 1 amide bonds. The number of amides is 1. The topological polar surface area (TPSA) is 102 Å². The summed E-state index contributed by atoms with van der Waals surface area (Å²) in [6, 6.07) is 5.30. The second-order valence-electron chi connectivity index (χ2n) is 6.26. The van der Waals surface area contributed by atoms with Crippen LogP contribution in [0, 0.1) is 0 Å². The first-order valence-corrected chi connectivity index (χ1v) is 10.9. The van der Waals surface area contributed by atoms with E-state index in [0.29, 0.717) is 42.0 Å². The zero-order valence-electron chi connectivity index (χ0n) is 18.2. The predicted octanol–water partition coefficient (Wildman–Crippen LogP) is 2.95. The minimum absolute atomic E-state index is 0.0504. The summed E-state index contributed by atoms with van der Waals surface area (Å²) in [5, 5.41) is 6.51. The number of methoxy groups -OCH3 is 1. The number of carbonyl (C=O) groups excluding carboxylic acids is 2. The number of esters is 1. The Bertz CT molecular complexity index is 896. The van der Waals surface area contributed by atoms with E-state index in [1.165, 1.54) is 18.4 Å². The van der Waals surface area contributed by atoms with E-state index in [-0.39, 0.29) is 24.9 Å². The average Bonchev–Trinajstić information content (AvgIpc) is 3.20. The van der Waals surface area contributed by atoms with Crippen LogP contribution >= 0.6 is 11.3 Å². The van der Waals surface area contributed by atoms with E-state index in [0.717, 1.165) is 5.56 Å². The number of rotatable bonds is 12. The number of benzene rings is 1. The van der Waals surface area contributed by atoms with Crippen LogP contribution in [0.3, 0.4) is 0 Å². The van der Waals surface area contributed by atoms with E-state index in [9.17, 15) is 9.59 Å². The number of anilines is 1. The molecule has 1 aromatic heterocycles. The fraction of sp³-hybridized carbons (Fsp3) is 0.429. The monoisotopic (exact) mass is 448 g/mol. The van der Waals surface area contributed by atoms with Crippen molar-refractivity contribution in [2.45, 2.75) is 27.2 Å². The van der Waals surface area contributed by atoms with E-state index in [1.54, 1.807) is 41.6 Å². The third-order valence-electron chi connectivity index (χ3n) is 4.21. The first kappa shape index (κ1) is 24.1. The number of hydrazone groups is 1. The zero-order chi connectivity index (χ0) is 22.6. The molecule has 31 heavy (non-hydrogen) atoms. The summed E-state index contributed by atoms with van der Waals surface area (Å²) in [5.74, 6) is 0.600. The van der Waals surface area contributed by atoms with Crippen molar-refractivity contribution < 1.29 is 23.8 Å². The van der Waals surface area contributed by atoms with Gasteiger partial charge in [-0.3, -0.25) is 15.0 Å². The molecule has 2 rings (SSSR count). The van der Waals surface area contributed by atoms with E-state index < -0.39 is 0 Å². The normalized spacial score (nSPS) is 10.7. The first-order chi connectivity index (χ1) is 15.0. The van der Waals surface area contributed by atoms with E-state index in [2.05, 4.69) is 15.5 Å². The van der Waals surface area contributed by atoms with Crippen LogP contribution in [0.25, 0.3) is 0 Å². The summed E-state index contributed by atoms with van der Waals surface area (Å²) in [7, 11) is 1.54. The van der Waals surface area contributed by atoms with Crippen LogP contribution in [-0.4, -0.2) is 61.4 Å². The lowest BCUT2D eigenvalue weighted by Crippen LogP contribution is -2.34. The zero-order valence-corrected chi connectivity index (χ0v) is 19.0. The summed E-state index contributed by atoms with van der Waals surface area (Å²) >= 11 is 1.35. The SMILES string of the molecule is CCOC(=O)Cc1csc(NN=Cc2ccc(OCC(=O)N(CC)CC)c(OC)c2)n1. The quantitative estimate of drug-likeness (QED) is 0.303. The maximum absolute atomic E-state index is 12.1. The van der Waals surface area contributed by atoms with E-state index >= 15 is 0 Å². The number of hydrogen-bond donors (Lipinski definition) is 1. The third-order valence-corrected chi connectivity index (χ3v) is 5.01. The highest BCUT2D eigenvalue weighted by molar-refractivity contribution is 7.13. The van der Waals surface area contributed by atoms with Gasteiger partial charge in [0.15, 0.2) is 18.1 Å². The van der Waals surface area contributed by atoms with Gasteiger partial charge in [-0.2, -0.15) is 5.10 Å². The molecule has 0 saturated heterocycles. The van der Waals surface area contributed by atoms with Crippen LogP contribution < -0.4 is 14.9 Å². The molecule has 10 heteroatoms. The lowest BCUT2D eigenvalue weighted by Gasteiger charge is -2.19. The number of likely N-dealkylation sites (N-methyl/N-ethyl adjacent to an activating group) is 1. The maximum atomic E-state index is 12.1. The Morgan fingerprint density at radius 1 is 1.23 bits per heavy atom. The van der Waals surface area contributed by atoms with Crippen LogP contribution in [-0.2, 0) is 20.7 Å². The molecule has 1 heterocycles. The minimum Gasteiger partial charge on any atom is -0.493 e. The molecule has 0 unspecified atom stereocenters. The third kappa shape index (κ3) is 7.56. The molecule has 0 aliphatic carbocycles. The van der Waals surface area contributed by atoms with Crippen molar-refractivity contribution in [3.8, 4) is 11.5 Å². The molecular formula is C21H28N4O5S. The molecule has 168 valence electrons. The van der Waals surface area contributed by atoms with Crippen molar-refractivity contribution in [3.63, 3.8) is 0 Å². The molecule has 1 N–H and O–H groups in total. The van der Waals surface area contributed by atoms with Gasteiger partial charge in [0.1, 0.15) is 0 Å². The van der Waals surface area contributed by atoms with Crippen LogP contribution in [0.5, 0.6) is 11.5 Å². The number of hydrogen-bond acceptors (Lipinski definition) is 9. The van der Waals surface area contributed by atoms with Gasteiger partial charge in [0.25, 0.3) is 5.91 Å². The molecule has 0 aliphatic heterocycles. The summed E-state index contributed by atoms with van der Waals surface area (Å²) in [6.45, 7) is 7.20. The fourth-order valence-electron chi connectivity index (χ4n) is 2.65. The van der Waals surface area contributed by atoms with Crippen molar-refractivity contribution >= 4 is 34.6 Å². The number of ether oxygens (including phenoxy) is 3. The van der Waals surface area contributed by atoms with Crippen molar-refractivity contribution in [1.82, 2.24) is 9.88 Å². The predicted molar refractivity (Wildman–Crippen MR) is 120 cm³/mol. The Balaban J connectivity index is 1.94. The van der Waals surface area contributed by atoms with Gasteiger partial charge in [-0.15, -0.1) is 11.3 Å². The summed E-state index contributed by atoms with van der Waals surface area (Å²) < 4.78 is 15.9. The molecule has 0 bridgehead atoms. The highest BCUT2D eigenvalue weighted by atomic mass is 32.1. The number of nitrogens with one attached hydrogen (secondary N) is 1. The second-order valence-corrected chi connectivity index (χ2v) is 7.12. The Kier molecular flexibility index (Phi) is 9.76. The minimum atomic E-state index is -0.309. The van der Waals surface area contributed by atoms with Crippen molar-refractivity contribution in [2.75, 3.05) is 38.8 Å². The summed E-state index contributed by atoms with van der Waals surface area (Å²) in [4.78, 5) is 29.6. The number of carbonyl (C=O) groups is 2. The smallest absolute Gasteiger partial charge is 0.311 e. The largest absolute Gasteiger partial charge is 0.493 e. The van der Waals surface area contributed by atoms with E-state index in [1.807, 2.05) is 13.8 Å². The van der Waals surface area contributed by atoms with Gasteiger partial charge >= 0.3 is 5.97 Å².